The van der Waals surface area contributed by atoms with Crippen molar-refractivity contribution in [2.45, 2.75) is 31.4 Å². The molecule has 1 aliphatic heterocycles. The summed E-state index contributed by atoms with van der Waals surface area (Å²) in [6.07, 6.45) is 0.446. The van der Waals surface area contributed by atoms with E-state index in [0.717, 1.165) is 6.07 Å². The van der Waals surface area contributed by atoms with Crippen molar-refractivity contribution < 1.29 is 37.7 Å². The number of methoxy groups -OCH3 is 1. The minimum absolute atomic E-state index is 0.0585. The summed E-state index contributed by atoms with van der Waals surface area (Å²) in [7, 11) is 1.29. The number of alkyl halides is 2. The van der Waals surface area contributed by atoms with Crippen LogP contribution in [0.25, 0.3) is 0 Å². The molecule has 0 aromatic heterocycles. The number of carboxylic acids is 1. The summed E-state index contributed by atoms with van der Waals surface area (Å²) in [5.74, 6) is -1.84. The van der Waals surface area contributed by atoms with Crippen LogP contribution in [0.2, 0.25) is 0 Å². The second kappa shape index (κ2) is 8.11. The Morgan fingerprint density at radius 2 is 2.00 bits per heavy atom. The van der Waals surface area contributed by atoms with Crippen molar-refractivity contribution in [3.63, 3.8) is 0 Å². The monoisotopic (exact) mass is 359 g/mol. The van der Waals surface area contributed by atoms with Gasteiger partial charge in [-0.25, -0.2) is 0 Å². The van der Waals surface area contributed by atoms with E-state index < -0.39 is 24.0 Å². The van der Waals surface area contributed by atoms with Gasteiger partial charge in [-0.15, -0.1) is 0 Å². The molecule has 1 aromatic carbocycles. The Morgan fingerprint density at radius 3 is 2.56 bits per heavy atom. The quantitative estimate of drug-likeness (QED) is 0.774. The molecular weight excluding hydrogens is 340 g/mol. The fourth-order valence-electron chi connectivity index (χ4n) is 2.72. The first-order valence-corrected chi connectivity index (χ1v) is 7.60. The van der Waals surface area contributed by atoms with Crippen molar-refractivity contribution in [2.24, 2.45) is 0 Å². The Labute approximate surface area is 142 Å². The second-order valence-electron chi connectivity index (χ2n) is 5.66. The van der Waals surface area contributed by atoms with E-state index in [-0.39, 0.29) is 23.5 Å². The zero-order valence-corrected chi connectivity index (χ0v) is 13.6. The Bertz CT molecular complexity index is 631. The lowest BCUT2D eigenvalue weighted by Crippen LogP contribution is -2.53. The van der Waals surface area contributed by atoms with Gasteiger partial charge in [-0.3, -0.25) is 9.59 Å². The van der Waals surface area contributed by atoms with Crippen LogP contribution in [0.3, 0.4) is 0 Å². The number of benzene rings is 1. The summed E-state index contributed by atoms with van der Waals surface area (Å²) in [4.78, 5) is 23.6. The molecule has 1 saturated heterocycles. The smallest absolute Gasteiger partial charge is 0.387 e. The van der Waals surface area contributed by atoms with Gasteiger partial charge in [0.25, 0.3) is 5.91 Å². The first-order chi connectivity index (χ1) is 11.8. The molecule has 0 spiro atoms. The Balaban J connectivity index is 2.22. The molecular formula is C16H19F2NO6. The third-order valence-electron chi connectivity index (χ3n) is 3.96. The molecule has 0 saturated carbocycles. The maximum Gasteiger partial charge on any atom is 0.387 e. The topological polar surface area (TPSA) is 94.1 Å². The molecule has 2 N–H and O–H groups in total. The zero-order valence-electron chi connectivity index (χ0n) is 13.6. The average molecular weight is 359 g/mol. The van der Waals surface area contributed by atoms with E-state index in [1.54, 1.807) is 0 Å². The van der Waals surface area contributed by atoms with Crippen molar-refractivity contribution >= 4 is 11.9 Å². The van der Waals surface area contributed by atoms with Crippen LogP contribution in [0.5, 0.6) is 11.5 Å². The number of nitrogens with one attached hydrogen (secondary N) is 1. The van der Waals surface area contributed by atoms with Gasteiger partial charge in [0.2, 0.25) is 0 Å². The van der Waals surface area contributed by atoms with E-state index in [1.165, 1.54) is 19.2 Å². The fourth-order valence-corrected chi connectivity index (χ4v) is 2.72. The lowest BCUT2D eigenvalue weighted by Gasteiger charge is -2.36. The van der Waals surface area contributed by atoms with Gasteiger partial charge in [0.1, 0.15) is 0 Å². The predicted octanol–water partition coefficient (Wildman–Crippen LogP) is 2.05. The number of carbonyl (C=O) groups excluding carboxylic acids is 1. The van der Waals surface area contributed by atoms with E-state index in [4.69, 9.17) is 14.6 Å². The highest BCUT2D eigenvalue weighted by molar-refractivity contribution is 5.95. The van der Waals surface area contributed by atoms with Crippen molar-refractivity contribution in [2.75, 3.05) is 20.3 Å². The van der Waals surface area contributed by atoms with E-state index in [2.05, 4.69) is 10.1 Å². The minimum Gasteiger partial charge on any atom is -0.493 e. The van der Waals surface area contributed by atoms with Gasteiger partial charge in [-0.05, 0) is 31.0 Å². The minimum atomic E-state index is -3.07. The lowest BCUT2D eigenvalue weighted by molar-refractivity contribution is -0.139. The van der Waals surface area contributed by atoms with Crippen LogP contribution in [-0.2, 0) is 9.53 Å². The van der Waals surface area contributed by atoms with Gasteiger partial charge in [0, 0.05) is 18.8 Å². The number of carboxylic acid groups (broad SMARTS) is 1. The number of hydrogen-bond donors (Lipinski definition) is 2. The largest absolute Gasteiger partial charge is 0.493 e. The van der Waals surface area contributed by atoms with E-state index in [9.17, 15) is 18.4 Å². The summed E-state index contributed by atoms with van der Waals surface area (Å²) in [6, 6.07) is 3.86. The number of hydrogen-bond acceptors (Lipinski definition) is 5. The highest BCUT2D eigenvalue weighted by atomic mass is 19.3. The summed E-state index contributed by atoms with van der Waals surface area (Å²) in [5, 5.41) is 11.8. The van der Waals surface area contributed by atoms with E-state index in [1.807, 2.05) is 0 Å². The first kappa shape index (κ1) is 18.9. The van der Waals surface area contributed by atoms with Crippen LogP contribution in [0, 0.1) is 0 Å². The number of amides is 1. The molecule has 1 aromatic rings. The van der Waals surface area contributed by atoms with Gasteiger partial charge < -0.3 is 24.6 Å². The molecule has 0 bridgehead atoms. The fraction of sp³-hybridized carbons (Fsp3) is 0.500. The molecule has 0 aliphatic carbocycles. The van der Waals surface area contributed by atoms with Gasteiger partial charge in [-0.1, -0.05) is 0 Å². The molecule has 0 atom stereocenters. The Kier molecular flexibility index (Phi) is 6.13. The molecule has 138 valence electrons. The number of carbonyl (C=O) groups is 2. The van der Waals surface area contributed by atoms with E-state index in [0.29, 0.717) is 26.1 Å². The van der Waals surface area contributed by atoms with Gasteiger partial charge >= 0.3 is 12.6 Å². The number of aliphatic carboxylic acids is 1. The van der Waals surface area contributed by atoms with Crippen molar-refractivity contribution in [3.8, 4) is 11.5 Å². The van der Waals surface area contributed by atoms with Crippen molar-refractivity contribution in [3.05, 3.63) is 23.8 Å². The molecule has 7 nitrogen and oxygen atoms in total. The van der Waals surface area contributed by atoms with Gasteiger partial charge in [0.05, 0.1) is 19.1 Å². The standard InChI is InChI=1S/C16H19F2NO6/c1-23-11-3-2-10(8-12(11)25-15(17)18)14(22)19-16(9-13(20)21)4-6-24-7-5-16/h2-3,8,15H,4-7,9H2,1H3,(H,19,22)(H,20,21). The third kappa shape index (κ3) is 5.02. The SMILES string of the molecule is COc1ccc(C(=O)NC2(CC(=O)O)CCOCC2)cc1OC(F)F. The van der Waals surface area contributed by atoms with Crippen LogP contribution in [0.1, 0.15) is 29.6 Å². The average Bonchev–Trinajstić information content (AvgIpc) is 2.54. The molecule has 9 heteroatoms. The summed E-state index contributed by atoms with van der Waals surface area (Å²) in [5.41, 5.74) is -0.877. The predicted molar refractivity (Wildman–Crippen MR) is 82.1 cm³/mol. The Hall–Kier alpha value is -2.42. The van der Waals surface area contributed by atoms with Crippen LogP contribution in [-0.4, -0.2) is 49.5 Å². The van der Waals surface area contributed by atoms with Gasteiger partial charge in [0.15, 0.2) is 11.5 Å². The van der Waals surface area contributed by atoms with Crippen LogP contribution in [0.15, 0.2) is 18.2 Å². The Morgan fingerprint density at radius 1 is 1.32 bits per heavy atom. The normalized spacial score (nSPS) is 16.3. The molecule has 25 heavy (non-hydrogen) atoms. The molecule has 2 rings (SSSR count). The zero-order chi connectivity index (χ0) is 18.4. The molecule has 1 aliphatic rings. The molecule has 0 radical (unpaired) electrons. The van der Waals surface area contributed by atoms with Crippen LogP contribution < -0.4 is 14.8 Å². The van der Waals surface area contributed by atoms with Gasteiger partial charge in [-0.2, -0.15) is 8.78 Å². The maximum absolute atomic E-state index is 12.5. The number of ether oxygens (including phenoxy) is 3. The van der Waals surface area contributed by atoms with E-state index >= 15 is 0 Å². The summed E-state index contributed by atoms with van der Waals surface area (Å²) >= 11 is 0. The second-order valence-corrected chi connectivity index (χ2v) is 5.66. The highest BCUT2D eigenvalue weighted by Crippen LogP contribution is 2.30. The first-order valence-electron chi connectivity index (χ1n) is 7.60. The third-order valence-corrected chi connectivity index (χ3v) is 3.96. The number of halogens is 2. The number of rotatable bonds is 7. The summed E-state index contributed by atoms with van der Waals surface area (Å²) < 4.78 is 39.5. The summed E-state index contributed by atoms with van der Waals surface area (Å²) in [6.45, 7) is -2.41. The maximum atomic E-state index is 12.5. The molecule has 0 unspecified atom stereocenters. The molecule has 1 amide bonds. The molecule has 1 heterocycles. The van der Waals surface area contributed by atoms with Crippen LogP contribution in [0.4, 0.5) is 8.78 Å². The lowest BCUT2D eigenvalue weighted by atomic mass is 9.86. The van der Waals surface area contributed by atoms with Crippen molar-refractivity contribution in [1.82, 2.24) is 5.32 Å². The molecule has 1 fully saturated rings. The van der Waals surface area contributed by atoms with Crippen molar-refractivity contribution in [1.29, 1.82) is 0 Å². The van der Waals surface area contributed by atoms with Crippen LogP contribution >= 0.6 is 0 Å². The highest BCUT2D eigenvalue weighted by Gasteiger charge is 2.36.